The molecule has 0 unspecified atom stereocenters. The van der Waals surface area contributed by atoms with Crippen LogP contribution in [0.5, 0.6) is 0 Å². The monoisotopic (exact) mass is 219 g/mol. The average molecular weight is 219 g/mol. The fourth-order valence-electron chi connectivity index (χ4n) is 1.21. The predicted molar refractivity (Wildman–Crippen MR) is 47.4 cm³/mol. The topological polar surface area (TPSA) is 22.0 Å². The van der Waals surface area contributed by atoms with Gasteiger partial charge in [-0.05, 0) is 12.1 Å². The zero-order valence-corrected chi connectivity index (χ0v) is 7.52. The van der Waals surface area contributed by atoms with Crippen molar-refractivity contribution < 1.29 is 13.2 Å². The van der Waals surface area contributed by atoms with Crippen molar-refractivity contribution >= 4 is 21.6 Å². The van der Waals surface area contributed by atoms with E-state index in [1.807, 2.05) is 0 Å². The first-order chi connectivity index (χ1) is 6.50. The van der Waals surface area contributed by atoms with Gasteiger partial charge in [0.15, 0.2) is 0 Å². The summed E-state index contributed by atoms with van der Waals surface area (Å²) in [5, 5.41) is 0. The van der Waals surface area contributed by atoms with E-state index >= 15 is 0 Å². The first kappa shape index (κ1) is 9.26. The van der Waals surface area contributed by atoms with Crippen molar-refractivity contribution in [3.8, 4) is 0 Å². The molecule has 2 nitrogen and oxygen atoms in total. The maximum absolute atomic E-state index is 12.4. The summed E-state index contributed by atoms with van der Waals surface area (Å²) in [7, 11) is 0. The second-order valence-corrected chi connectivity index (χ2v) is 3.63. The second kappa shape index (κ2) is 2.84. The van der Waals surface area contributed by atoms with Crippen molar-refractivity contribution in [2.45, 2.75) is 6.30 Å². The van der Waals surface area contributed by atoms with E-state index in [1.54, 1.807) is 6.07 Å². The maximum Gasteiger partial charge on any atom is 0.492 e. The number of hydrogen-bond acceptors (Lipinski definition) is 2. The summed E-state index contributed by atoms with van der Waals surface area (Å²) in [6.45, 7) is 0. The molecule has 0 saturated carbocycles. The van der Waals surface area contributed by atoms with Gasteiger partial charge in [-0.3, -0.25) is 4.79 Å². The Labute approximate surface area is 80.2 Å². The molecule has 0 spiro atoms. The SMILES string of the molecule is O=c1sc2ccccc2n1C(F)(F)F. The van der Waals surface area contributed by atoms with Gasteiger partial charge in [0.05, 0.1) is 10.2 Å². The van der Waals surface area contributed by atoms with Crippen LogP contribution in [-0.2, 0) is 6.30 Å². The molecule has 0 bridgehead atoms. The molecule has 0 radical (unpaired) electrons. The van der Waals surface area contributed by atoms with E-state index in [-0.39, 0.29) is 10.1 Å². The summed E-state index contributed by atoms with van der Waals surface area (Å²) in [5.74, 6) is 0. The van der Waals surface area contributed by atoms with Gasteiger partial charge >= 0.3 is 11.2 Å². The Hall–Kier alpha value is -1.30. The van der Waals surface area contributed by atoms with Gasteiger partial charge in [0.25, 0.3) is 0 Å². The minimum atomic E-state index is -4.64. The van der Waals surface area contributed by atoms with E-state index in [9.17, 15) is 18.0 Å². The third-order valence-corrected chi connectivity index (χ3v) is 2.66. The smallest absolute Gasteiger partial charge is 0.256 e. The maximum atomic E-state index is 12.4. The summed E-state index contributed by atoms with van der Waals surface area (Å²) >= 11 is 0.593. The lowest BCUT2D eigenvalue weighted by Crippen LogP contribution is -2.26. The lowest BCUT2D eigenvalue weighted by Gasteiger charge is -2.06. The number of thiazole rings is 1. The Bertz CT molecular complexity index is 525. The molecule has 0 atom stereocenters. The molecule has 0 aliphatic heterocycles. The minimum absolute atomic E-state index is 0.0880. The number of nitrogens with zero attached hydrogens (tertiary/aromatic N) is 1. The normalized spacial score (nSPS) is 12.2. The molecule has 2 aromatic rings. The van der Waals surface area contributed by atoms with Crippen molar-refractivity contribution in [1.82, 2.24) is 4.57 Å². The van der Waals surface area contributed by atoms with E-state index in [0.29, 0.717) is 16.0 Å². The first-order valence-corrected chi connectivity index (χ1v) is 4.49. The molecule has 0 N–H and O–H groups in total. The molecular formula is C8H4F3NOS. The van der Waals surface area contributed by atoms with Crippen LogP contribution in [0.1, 0.15) is 0 Å². The third kappa shape index (κ3) is 1.31. The highest BCUT2D eigenvalue weighted by molar-refractivity contribution is 7.16. The minimum Gasteiger partial charge on any atom is -0.256 e. The van der Waals surface area contributed by atoms with Gasteiger partial charge in [-0.15, -0.1) is 13.2 Å². The predicted octanol–water partition coefficient (Wildman–Crippen LogP) is 2.54. The number of hydrogen-bond donors (Lipinski definition) is 0. The van der Waals surface area contributed by atoms with Gasteiger partial charge in [0, 0.05) is 0 Å². The zero-order chi connectivity index (χ0) is 10.3. The highest BCUT2D eigenvalue weighted by atomic mass is 32.1. The molecule has 0 aliphatic carbocycles. The Kier molecular flexibility index (Phi) is 1.88. The standard InChI is InChI=1S/C8H4F3NOS/c9-8(10,11)12-5-3-1-2-4-6(5)14-7(12)13/h1-4H. The van der Waals surface area contributed by atoms with Crippen molar-refractivity contribution in [1.29, 1.82) is 0 Å². The van der Waals surface area contributed by atoms with E-state index in [2.05, 4.69) is 0 Å². The van der Waals surface area contributed by atoms with Crippen molar-refractivity contribution in [2.24, 2.45) is 0 Å². The van der Waals surface area contributed by atoms with Crippen LogP contribution in [0.3, 0.4) is 0 Å². The lowest BCUT2D eigenvalue weighted by atomic mass is 10.3. The Balaban J connectivity index is 2.88. The molecule has 14 heavy (non-hydrogen) atoms. The van der Waals surface area contributed by atoms with Gasteiger partial charge in [0.1, 0.15) is 0 Å². The molecule has 1 heterocycles. The number of fused-ring (bicyclic) bond motifs is 1. The summed E-state index contributed by atoms with van der Waals surface area (Å²) in [5.41, 5.74) is -0.0880. The zero-order valence-electron chi connectivity index (χ0n) is 6.71. The molecule has 1 aromatic heterocycles. The van der Waals surface area contributed by atoms with Gasteiger partial charge in [-0.1, -0.05) is 23.5 Å². The number of alkyl halides is 3. The Morgan fingerprint density at radius 2 is 1.86 bits per heavy atom. The van der Waals surface area contributed by atoms with Gasteiger partial charge in [-0.25, -0.2) is 4.57 Å². The van der Waals surface area contributed by atoms with Crippen LogP contribution in [0.25, 0.3) is 10.2 Å². The van der Waals surface area contributed by atoms with Crippen LogP contribution >= 0.6 is 11.3 Å². The Morgan fingerprint density at radius 1 is 1.21 bits per heavy atom. The molecule has 74 valence electrons. The van der Waals surface area contributed by atoms with E-state index in [4.69, 9.17) is 0 Å². The van der Waals surface area contributed by atoms with Crippen LogP contribution in [0.15, 0.2) is 29.1 Å². The second-order valence-electron chi connectivity index (χ2n) is 2.64. The number of benzene rings is 1. The molecule has 0 fully saturated rings. The van der Waals surface area contributed by atoms with Crippen LogP contribution < -0.4 is 4.87 Å². The molecule has 2 rings (SSSR count). The van der Waals surface area contributed by atoms with Crippen molar-refractivity contribution in [2.75, 3.05) is 0 Å². The van der Waals surface area contributed by atoms with Gasteiger partial charge in [-0.2, -0.15) is 0 Å². The summed E-state index contributed by atoms with van der Waals surface area (Å²) in [6.07, 6.45) is -4.64. The first-order valence-electron chi connectivity index (χ1n) is 3.68. The van der Waals surface area contributed by atoms with Crippen molar-refractivity contribution in [3.05, 3.63) is 33.9 Å². The fourth-order valence-corrected chi connectivity index (χ4v) is 2.10. The number of aromatic nitrogens is 1. The third-order valence-electron chi connectivity index (χ3n) is 1.74. The largest absolute Gasteiger partial charge is 0.492 e. The van der Waals surface area contributed by atoms with Gasteiger partial charge in [0.2, 0.25) is 0 Å². The molecular weight excluding hydrogens is 215 g/mol. The molecule has 6 heteroatoms. The Morgan fingerprint density at radius 3 is 2.50 bits per heavy atom. The number of halogens is 3. The van der Waals surface area contributed by atoms with E-state index in [1.165, 1.54) is 18.2 Å². The fraction of sp³-hybridized carbons (Fsp3) is 0.125. The summed E-state index contributed by atoms with van der Waals surface area (Å²) in [4.78, 5) is 10.0. The highest BCUT2D eigenvalue weighted by Gasteiger charge is 2.34. The van der Waals surface area contributed by atoms with Crippen LogP contribution in [0, 0.1) is 0 Å². The van der Waals surface area contributed by atoms with Crippen molar-refractivity contribution in [3.63, 3.8) is 0 Å². The van der Waals surface area contributed by atoms with Crippen LogP contribution in [0.4, 0.5) is 13.2 Å². The summed E-state index contributed by atoms with van der Waals surface area (Å²) in [6, 6.07) is 5.83. The number of rotatable bonds is 0. The van der Waals surface area contributed by atoms with Gasteiger partial charge < -0.3 is 0 Å². The molecule has 0 amide bonds. The van der Waals surface area contributed by atoms with E-state index < -0.39 is 11.2 Å². The quantitative estimate of drug-likeness (QED) is 0.667. The summed E-state index contributed by atoms with van der Waals surface area (Å²) < 4.78 is 37.3. The molecule has 0 aliphatic rings. The van der Waals surface area contributed by atoms with E-state index in [0.717, 1.165) is 0 Å². The average Bonchev–Trinajstić information content (AvgIpc) is 2.38. The highest BCUT2D eigenvalue weighted by Crippen LogP contribution is 2.27. The molecule has 0 saturated heterocycles. The molecule has 1 aromatic carbocycles. The number of para-hydroxylation sites is 1. The lowest BCUT2D eigenvalue weighted by molar-refractivity contribution is -0.202. The van der Waals surface area contributed by atoms with Crippen LogP contribution in [-0.4, -0.2) is 4.57 Å². The van der Waals surface area contributed by atoms with Crippen LogP contribution in [0.2, 0.25) is 0 Å².